The molecule has 9 heteroatoms. The Morgan fingerprint density at radius 1 is 0.947 bits per heavy atom. The molecule has 3 aromatic carbocycles. The van der Waals surface area contributed by atoms with Crippen LogP contribution in [0.1, 0.15) is 31.4 Å². The fraction of sp³-hybridized carbons (Fsp3) is 0.345. The number of nitrogens with zero attached hydrogens (tertiary/aromatic N) is 1. The lowest BCUT2D eigenvalue weighted by atomic mass is 10.1. The fourth-order valence-electron chi connectivity index (χ4n) is 3.88. The maximum absolute atomic E-state index is 13.7. The van der Waals surface area contributed by atoms with E-state index in [2.05, 4.69) is 5.32 Å². The summed E-state index contributed by atoms with van der Waals surface area (Å²) in [5.41, 5.74) is 2.47. The van der Waals surface area contributed by atoms with Gasteiger partial charge in [0.15, 0.2) is 11.5 Å². The second-order valence-electron chi connectivity index (χ2n) is 9.13. The summed E-state index contributed by atoms with van der Waals surface area (Å²) in [6.45, 7) is 5.92. The minimum atomic E-state index is -4.08. The van der Waals surface area contributed by atoms with Gasteiger partial charge in [0, 0.05) is 12.6 Å². The van der Waals surface area contributed by atoms with E-state index in [9.17, 15) is 13.2 Å². The van der Waals surface area contributed by atoms with E-state index in [-0.39, 0.29) is 23.3 Å². The Kier molecular flexibility index (Phi) is 10.0. The molecule has 8 nitrogen and oxygen atoms in total. The van der Waals surface area contributed by atoms with E-state index in [0.717, 1.165) is 27.6 Å². The Bertz CT molecular complexity index is 1320. The van der Waals surface area contributed by atoms with Gasteiger partial charge in [-0.2, -0.15) is 0 Å². The summed E-state index contributed by atoms with van der Waals surface area (Å²) in [5.74, 6) is 1.11. The molecule has 0 fully saturated rings. The first-order chi connectivity index (χ1) is 18.1. The maximum atomic E-state index is 13.7. The van der Waals surface area contributed by atoms with E-state index in [1.54, 1.807) is 12.1 Å². The van der Waals surface area contributed by atoms with Gasteiger partial charge in [0.2, 0.25) is 5.91 Å². The third kappa shape index (κ3) is 7.64. The molecule has 0 saturated carbocycles. The average molecular weight is 541 g/mol. The largest absolute Gasteiger partial charge is 0.493 e. The normalized spacial score (nSPS) is 11.2. The molecule has 0 atom stereocenters. The molecule has 0 heterocycles. The molecule has 3 aromatic rings. The number of sulfonamides is 1. The third-order valence-electron chi connectivity index (χ3n) is 5.79. The van der Waals surface area contributed by atoms with Crippen LogP contribution in [0.15, 0.2) is 71.6 Å². The van der Waals surface area contributed by atoms with Crippen LogP contribution < -0.4 is 23.8 Å². The Morgan fingerprint density at radius 2 is 1.66 bits per heavy atom. The van der Waals surface area contributed by atoms with Gasteiger partial charge in [-0.3, -0.25) is 9.10 Å². The third-order valence-corrected chi connectivity index (χ3v) is 7.56. The van der Waals surface area contributed by atoms with Crippen LogP contribution in [0.4, 0.5) is 5.69 Å². The number of rotatable bonds is 13. The lowest BCUT2D eigenvalue weighted by Crippen LogP contribution is -2.41. The number of anilines is 1. The number of aryl methyl sites for hydroxylation is 2. The van der Waals surface area contributed by atoms with Crippen molar-refractivity contribution in [3.05, 3.63) is 77.9 Å². The molecule has 0 aliphatic carbocycles. The van der Waals surface area contributed by atoms with Crippen molar-refractivity contribution < 1.29 is 27.4 Å². The molecule has 0 aliphatic rings. The first kappa shape index (κ1) is 28.8. The van der Waals surface area contributed by atoms with Crippen LogP contribution in [0, 0.1) is 6.92 Å². The zero-order valence-electron chi connectivity index (χ0n) is 22.6. The summed E-state index contributed by atoms with van der Waals surface area (Å²) in [6, 6.07) is 19.2. The zero-order chi connectivity index (χ0) is 27.7. The van der Waals surface area contributed by atoms with E-state index in [0.29, 0.717) is 24.4 Å². The van der Waals surface area contributed by atoms with E-state index >= 15 is 0 Å². The molecule has 0 spiro atoms. The van der Waals surface area contributed by atoms with Gasteiger partial charge >= 0.3 is 0 Å². The van der Waals surface area contributed by atoms with Crippen molar-refractivity contribution in [3.8, 4) is 17.2 Å². The van der Waals surface area contributed by atoms with Gasteiger partial charge in [-0.1, -0.05) is 29.8 Å². The highest BCUT2D eigenvalue weighted by Gasteiger charge is 2.28. The predicted molar refractivity (Wildman–Crippen MR) is 149 cm³/mol. The highest BCUT2D eigenvalue weighted by Crippen LogP contribution is 2.32. The summed E-state index contributed by atoms with van der Waals surface area (Å²) in [6.07, 6.45) is 1.54. The molecule has 1 N–H and O–H groups in total. The molecule has 38 heavy (non-hydrogen) atoms. The Balaban J connectivity index is 1.71. The smallest absolute Gasteiger partial charge is 0.264 e. The number of benzene rings is 3. The zero-order valence-corrected chi connectivity index (χ0v) is 23.4. The molecular formula is C29H36N2O6S. The molecule has 0 aliphatic heterocycles. The van der Waals surface area contributed by atoms with Gasteiger partial charge < -0.3 is 19.5 Å². The van der Waals surface area contributed by atoms with Gasteiger partial charge in [0.1, 0.15) is 12.3 Å². The first-order valence-corrected chi connectivity index (χ1v) is 13.9. The van der Waals surface area contributed by atoms with Crippen molar-refractivity contribution in [2.75, 3.05) is 31.6 Å². The summed E-state index contributed by atoms with van der Waals surface area (Å²) >= 11 is 0. The number of carbonyl (C=O) groups is 1. The van der Waals surface area contributed by atoms with Gasteiger partial charge in [-0.25, -0.2) is 8.42 Å². The number of nitrogens with one attached hydrogen (secondary N) is 1. The van der Waals surface area contributed by atoms with Crippen LogP contribution in [0.2, 0.25) is 0 Å². The van der Waals surface area contributed by atoms with Gasteiger partial charge in [-0.05, 0) is 75.6 Å². The van der Waals surface area contributed by atoms with E-state index in [1.807, 2.05) is 57.2 Å². The molecule has 0 radical (unpaired) electrons. The van der Waals surface area contributed by atoms with Gasteiger partial charge in [0.25, 0.3) is 10.0 Å². The van der Waals surface area contributed by atoms with Crippen molar-refractivity contribution in [3.63, 3.8) is 0 Å². The van der Waals surface area contributed by atoms with Crippen LogP contribution in [0.3, 0.4) is 0 Å². The SMILES string of the molecule is COc1ccc(S(=O)(=O)N(CC(=O)NCCCc2cccc(OC(C)C)c2)c2ccc(C)cc2)cc1OC. The minimum absolute atomic E-state index is 0.00739. The van der Waals surface area contributed by atoms with Crippen LogP contribution in [-0.2, 0) is 21.2 Å². The summed E-state index contributed by atoms with van der Waals surface area (Å²) < 4.78 is 44.7. The van der Waals surface area contributed by atoms with Crippen LogP contribution in [-0.4, -0.2) is 47.7 Å². The quantitative estimate of drug-likeness (QED) is 0.315. The van der Waals surface area contributed by atoms with Crippen molar-refractivity contribution in [2.45, 2.75) is 44.6 Å². The standard InChI is InChI=1S/C29H36N2O6S/c1-21(2)37-25-10-6-8-23(18-25)9-7-17-30-29(32)20-31(24-13-11-22(3)12-14-24)38(33,34)26-15-16-27(35-4)28(19-26)36-5/h6,8,10-16,18-19,21H,7,9,17,20H2,1-5H3,(H,30,32). The highest BCUT2D eigenvalue weighted by molar-refractivity contribution is 7.92. The summed E-state index contributed by atoms with van der Waals surface area (Å²) in [4.78, 5) is 12.9. The molecule has 0 bridgehead atoms. The van der Waals surface area contributed by atoms with Gasteiger partial charge in [0.05, 0.1) is 30.9 Å². The number of ether oxygens (including phenoxy) is 3. The summed E-state index contributed by atoms with van der Waals surface area (Å²) in [7, 11) is -1.17. The van der Waals surface area contributed by atoms with Crippen molar-refractivity contribution in [1.29, 1.82) is 0 Å². The fourth-order valence-corrected chi connectivity index (χ4v) is 5.32. The predicted octanol–water partition coefficient (Wildman–Crippen LogP) is 4.74. The van der Waals surface area contributed by atoms with Crippen LogP contribution in [0.25, 0.3) is 0 Å². The van der Waals surface area contributed by atoms with E-state index in [4.69, 9.17) is 14.2 Å². The lowest BCUT2D eigenvalue weighted by molar-refractivity contribution is -0.119. The van der Waals surface area contributed by atoms with E-state index < -0.39 is 15.9 Å². The number of hydrogen-bond donors (Lipinski definition) is 1. The maximum Gasteiger partial charge on any atom is 0.264 e. The molecule has 3 rings (SSSR count). The van der Waals surface area contributed by atoms with Gasteiger partial charge in [-0.15, -0.1) is 0 Å². The number of methoxy groups -OCH3 is 2. The van der Waals surface area contributed by atoms with E-state index in [1.165, 1.54) is 32.4 Å². The molecular weight excluding hydrogens is 504 g/mol. The first-order valence-electron chi connectivity index (χ1n) is 12.5. The highest BCUT2D eigenvalue weighted by atomic mass is 32.2. The molecule has 1 amide bonds. The van der Waals surface area contributed by atoms with Crippen molar-refractivity contribution in [1.82, 2.24) is 5.32 Å². The summed E-state index contributed by atoms with van der Waals surface area (Å²) in [5, 5.41) is 2.85. The average Bonchev–Trinajstić information content (AvgIpc) is 2.89. The van der Waals surface area contributed by atoms with Crippen LogP contribution >= 0.6 is 0 Å². The number of carbonyl (C=O) groups excluding carboxylic acids is 1. The monoisotopic (exact) mass is 540 g/mol. The second kappa shape index (κ2) is 13.2. The Labute approximate surface area is 225 Å². The van der Waals surface area contributed by atoms with Crippen molar-refractivity contribution >= 4 is 21.6 Å². The topological polar surface area (TPSA) is 94.2 Å². The molecule has 0 saturated heterocycles. The second-order valence-corrected chi connectivity index (χ2v) is 11.0. The molecule has 0 aromatic heterocycles. The lowest BCUT2D eigenvalue weighted by Gasteiger charge is -2.24. The van der Waals surface area contributed by atoms with Crippen molar-refractivity contribution in [2.24, 2.45) is 0 Å². The minimum Gasteiger partial charge on any atom is -0.493 e. The Hall–Kier alpha value is -3.72. The molecule has 204 valence electrons. The van der Waals surface area contributed by atoms with Crippen LogP contribution in [0.5, 0.6) is 17.2 Å². The molecule has 0 unspecified atom stereocenters. The number of amides is 1. The Morgan fingerprint density at radius 3 is 2.32 bits per heavy atom. The number of hydrogen-bond acceptors (Lipinski definition) is 6.